The predicted octanol–water partition coefficient (Wildman–Crippen LogP) is 0.563. The van der Waals surface area contributed by atoms with Crippen molar-refractivity contribution >= 4 is 17.7 Å². The van der Waals surface area contributed by atoms with Crippen LogP contribution in [0.3, 0.4) is 0 Å². The highest BCUT2D eigenvalue weighted by molar-refractivity contribution is 6.09. The van der Waals surface area contributed by atoms with Gasteiger partial charge in [0, 0.05) is 30.6 Å². The molecular formula is C22H26N3O3+. The fourth-order valence-corrected chi connectivity index (χ4v) is 3.41. The second-order valence-corrected chi connectivity index (χ2v) is 7.36. The third kappa shape index (κ3) is 4.64. The largest absolute Gasteiger partial charge is 0.352 e. The van der Waals surface area contributed by atoms with Crippen LogP contribution in [-0.2, 0) is 29.1 Å². The van der Waals surface area contributed by atoms with Crippen LogP contribution < -0.4 is 10.2 Å². The first-order valence-electron chi connectivity index (χ1n) is 9.51. The van der Waals surface area contributed by atoms with E-state index < -0.39 is 0 Å². The highest BCUT2D eigenvalue weighted by atomic mass is 16.2. The zero-order valence-electron chi connectivity index (χ0n) is 16.3. The van der Waals surface area contributed by atoms with Crippen LogP contribution in [0.1, 0.15) is 33.5 Å². The molecule has 1 aliphatic heterocycles. The number of nitrogens with zero attached hydrogens (tertiary/aromatic N) is 1. The maximum absolute atomic E-state index is 12.5. The van der Waals surface area contributed by atoms with Crippen LogP contribution in [0.2, 0.25) is 0 Å². The third-order valence-electron chi connectivity index (χ3n) is 4.84. The maximum atomic E-state index is 12.5. The van der Waals surface area contributed by atoms with Gasteiger partial charge in [-0.15, -0.1) is 0 Å². The summed E-state index contributed by atoms with van der Waals surface area (Å²) in [6.45, 7) is 1.41. The minimum Gasteiger partial charge on any atom is -0.352 e. The number of quaternary nitrogens is 1. The van der Waals surface area contributed by atoms with Gasteiger partial charge in [0.25, 0.3) is 5.91 Å². The van der Waals surface area contributed by atoms with Crippen LogP contribution in [0.25, 0.3) is 0 Å². The van der Waals surface area contributed by atoms with Crippen LogP contribution in [0, 0.1) is 0 Å². The molecule has 0 aliphatic carbocycles. The first kappa shape index (κ1) is 19.8. The number of imide groups is 1. The van der Waals surface area contributed by atoms with Gasteiger partial charge in [-0.05, 0) is 17.2 Å². The summed E-state index contributed by atoms with van der Waals surface area (Å²) in [6, 6.07) is 15.1. The minimum absolute atomic E-state index is 0.0980. The Labute approximate surface area is 165 Å². The van der Waals surface area contributed by atoms with Gasteiger partial charge in [-0.3, -0.25) is 19.3 Å². The summed E-state index contributed by atoms with van der Waals surface area (Å²) in [6.07, 6.45) is 0.296. The predicted molar refractivity (Wildman–Crippen MR) is 106 cm³/mol. The van der Waals surface area contributed by atoms with E-state index in [1.165, 1.54) is 15.4 Å². The highest BCUT2D eigenvalue weighted by Crippen LogP contribution is 2.19. The molecule has 0 saturated carbocycles. The number of hydrogen-bond acceptors (Lipinski definition) is 3. The summed E-state index contributed by atoms with van der Waals surface area (Å²) in [7, 11) is 4.17. The van der Waals surface area contributed by atoms with Gasteiger partial charge in [0.1, 0.15) is 6.54 Å². The van der Waals surface area contributed by atoms with E-state index in [-0.39, 0.29) is 37.1 Å². The molecule has 0 fully saturated rings. The molecule has 0 unspecified atom stereocenters. The maximum Gasteiger partial charge on any atom is 0.260 e. The third-order valence-corrected chi connectivity index (χ3v) is 4.84. The van der Waals surface area contributed by atoms with E-state index in [0.29, 0.717) is 12.1 Å². The number of amides is 3. The highest BCUT2D eigenvalue weighted by Gasteiger charge is 2.30. The van der Waals surface area contributed by atoms with Gasteiger partial charge in [0.15, 0.2) is 0 Å². The van der Waals surface area contributed by atoms with Crippen molar-refractivity contribution in [3.8, 4) is 0 Å². The monoisotopic (exact) mass is 380 g/mol. The minimum atomic E-state index is -0.320. The number of benzene rings is 2. The number of carbonyl (C=O) groups excluding carboxylic acids is 3. The summed E-state index contributed by atoms with van der Waals surface area (Å²) in [5, 5.41) is 2.90. The quantitative estimate of drug-likeness (QED) is 0.690. The molecule has 0 spiro atoms. The van der Waals surface area contributed by atoms with Crippen molar-refractivity contribution in [1.29, 1.82) is 0 Å². The van der Waals surface area contributed by atoms with Crippen LogP contribution in [0.5, 0.6) is 0 Å². The number of hydrogen-bond donors (Lipinski definition) is 2. The van der Waals surface area contributed by atoms with Crippen molar-refractivity contribution < 1.29 is 19.3 Å². The van der Waals surface area contributed by atoms with Crippen molar-refractivity contribution in [3.05, 3.63) is 70.8 Å². The van der Waals surface area contributed by atoms with Crippen LogP contribution >= 0.6 is 0 Å². The normalized spacial score (nSPS) is 13.6. The molecule has 28 heavy (non-hydrogen) atoms. The lowest BCUT2D eigenvalue weighted by Crippen LogP contribution is -3.04. The van der Waals surface area contributed by atoms with Gasteiger partial charge < -0.3 is 10.2 Å². The van der Waals surface area contributed by atoms with Crippen LogP contribution in [-0.4, -0.2) is 43.3 Å². The van der Waals surface area contributed by atoms with Crippen molar-refractivity contribution in [1.82, 2.24) is 10.2 Å². The lowest BCUT2D eigenvalue weighted by Gasteiger charge is -2.26. The molecule has 3 amide bonds. The van der Waals surface area contributed by atoms with E-state index in [1.807, 2.05) is 24.3 Å². The molecular weight excluding hydrogens is 354 g/mol. The van der Waals surface area contributed by atoms with Gasteiger partial charge in [-0.25, -0.2) is 0 Å². The molecule has 2 aromatic rings. The van der Waals surface area contributed by atoms with E-state index in [2.05, 4.69) is 25.5 Å². The molecule has 0 atom stereocenters. The summed E-state index contributed by atoms with van der Waals surface area (Å²) in [4.78, 5) is 39.6. The molecule has 146 valence electrons. The second kappa shape index (κ2) is 8.80. The molecule has 2 N–H and O–H groups in total. The van der Waals surface area contributed by atoms with Gasteiger partial charge in [-0.1, -0.05) is 42.5 Å². The SMILES string of the molecule is C[NH+](C)Cc1ccccc1CNC(=O)CCN1C(=O)Cc2ccccc2C1=O. The van der Waals surface area contributed by atoms with Crippen LogP contribution in [0.4, 0.5) is 0 Å². The van der Waals surface area contributed by atoms with E-state index in [1.54, 1.807) is 18.2 Å². The van der Waals surface area contributed by atoms with Gasteiger partial charge in [0.05, 0.1) is 20.5 Å². The Morgan fingerprint density at radius 2 is 1.71 bits per heavy atom. The first-order valence-corrected chi connectivity index (χ1v) is 9.51. The fraction of sp³-hybridized carbons (Fsp3) is 0.318. The molecule has 0 aromatic heterocycles. The van der Waals surface area contributed by atoms with E-state index >= 15 is 0 Å². The zero-order chi connectivity index (χ0) is 20.1. The molecule has 3 rings (SSSR count). The number of fused-ring (bicyclic) bond motifs is 1. The van der Waals surface area contributed by atoms with Gasteiger partial charge >= 0.3 is 0 Å². The molecule has 6 heteroatoms. The molecule has 1 heterocycles. The Hall–Kier alpha value is -2.99. The van der Waals surface area contributed by atoms with Gasteiger partial charge in [0.2, 0.25) is 11.8 Å². The molecule has 0 radical (unpaired) electrons. The lowest BCUT2D eigenvalue weighted by molar-refractivity contribution is -0.872. The molecule has 6 nitrogen and oxygen atoms in total. The smallest absolute Gasteiger partial charge is 0.260 e. The average molecular weight is 380 g/mol. The Morgan fingerprint density at radius 1 is 1.04 bits per heavy atom. The Bertz CT molecular complexity index is 892. The second-order valence-electron chi connectivity index (χ2n) is 7.36. The number of nitrogens with one attached hydrogen (secondary N) is 2. The van der Waals surface area contributed by atoms with Crippen molar-refractivity contribution in [2.75, 3.05) is 20.6 Å². The van der Waals surface area contributed by atoms with E-state index in [4.69, 9.17) is 0 Å². The number of carbonyl (C=O) groups is 3. The Morgan fingerprint density at radius 3 is 2.46 bits per heavy atom. The summed E-state index contributed by atoms with van der Waals surface area (Å²) in [5.41, 5.74) is 3.57. The van der Waals surface area contributed by atoms with E-state index in [0.717, 1.165) is 17.7 Å². The molecule has 2 aromatic carbocycles. The van der Waals surface area contributed by atoms with Crippen molar-refractivity contribution in [2.45, 2.75) is 25.9 Å². The van der Waals surface area contributed by atoms with E-state index in [9.17, 15) is 14.4 Å². The lowest BCUT2D eigenvalue weighted by atomic mass is 9.98. The first-order chi connectivity index (χ1) is 13.5. The number of rotatable bonds is 7. The van der Waals surface area contributed by atoms with Crippen LogP contribution in [0.15, 0.2) is 48.5 Å². The van der Waals surface area contributed by atoms with Crippen molar-refractivity contribution in [3.63, 3.8) is 0 Å². The average Bonchev–Trinajstić information content (AvgIpc) is 2.66. The fourth-order valence-electron chi connectivity index (χ4n) is 3.41. The standard InChI is InChI=1S/C22H25N3O3/c1-24(2)15-18-9-4-3-8-17(18)14-23-20(26)11-12-25-21(27)13-16-7-5-6-10-19(16)22(25)28/h3-10H,11-15H2,1-2H3,(H,23,26)/p+1. The summed E-state index contributed by atoms with van der Waals surface area (Å²) >= 11 is 0. The topological polar surface area (TPSA) is 70.9 Å². The molecule has 1 aliphatic rings. The summed E-state index contributed by atoms with van der Waals surface area (Å²) < 4.78 is 0. The molecule has 0 bridgehead atoms. The van der Waals surface area contributed by atoms with Crippen molar-refractivity contribution in [2.24, 2.45) is 0 Å². The molecule has 0 saturated heterocycles. The Balaban J connectivity index is 1.55. The summed E-state index contributed by atoms with van der Waals surface area (Å²) in [5.74, 6) is -0.749. The van der Waals surface area contributed by atoms with Gasteiger partial charge in [-0.2, -0.15) is 0 Å². The Kier molecular flexibility index (Phi) is 6.21. The zero-order valence-corrected chi connectivity index (χ0v) is 16.3.